The minimum Gasteiger partial charge on any atom is -0.392 e. The number of nitrogens with one attached hydrogen (secondary N) is 1. The van der Waals surface area contributed by atoms with Crippen LogP contribution in [0.25, 0.3) is 0 Å². The summed E-state index contributed by atoms with van der Waals surface area (Å²) in [4.78, 5) is 26.7. The fourth-order valence-electron chi connectivity index (χ4n) is 3.01. The molecule has 1 unspecified atom stereocenters. The minimum atomic E-state index is -0.843. The van der Waals surface area contributed by atoms with Crippen molar-refractivity contribution in [3.05, 3.63) is 0 Å². The van der Waals surface area contributed by atoms with E-state index in [9.17, 15) is 9.59 Å². The van der Waals surface area contributed by atoms with Crippen molar-refractivity contribution in [1.29, 1.82) is 0 Å². The molecule has 6 nitrogen and oxygen atoms in total. The number of likely N-dealkylation sites (N-methyl/N-ethyl adjacent to an activating group) is 1. The van der Waals surface area contributed by atoms with Crippen LogP contribution in [0.1, 0.15) is 25.7 Å². The van der Waals surface area contributed by atoms with Crippen LogP contribution in [0.5, 0.6) is 0 Å². The number of nitrogens with two attached hydrogens (primary N) is 1. The second-order valence-corrected chi connectivity index (χ2v) is 5.77. The number of thiocarbonyl (C=S) groups is 1. The minimum absolute atomic E-state index is 0.112. The molecule has 2 heterocycles. The van der Waals surface area contributed by atoms with Crippen LogP contribution >= 0.6 is 12.2 Å². The third-order valence-corrected chi connectivity index (χ3v) is 4.68. The largest absolute Gasteiger partial charge is 0.392 e. The fraction of sp³-hybridized carbons (Fsp3) is 0.769. The van der Waals surface area contributed by atoms with E-state index < -0.39 is 11.5 Å². The summed E-state index contributed by atoms with van der Waals surface area (Å²) in [5.74, 6) is -0.236. The number of rotatable bonds is 3. The van der Waals surface area contributed by atoms with Crippen LogP contribution in [0.15, 0.2) is 0 Å². The highest BCUT2D eigenvalue weighted by molar-refractivity contribution is 7.80. The molecule has 0 saturated carbocycles. The highest BCUT2D eigenvalue weighted by Crippen LogP contribution is 2.35. The van der Waals surface area contributed by atoms with Gasteiger partial charge in [-0.1, -0.05) is 12.2 Å². The van der Waals surface area contributed by atoms with E-state index >= 15 is 0 Å². The van der Waals surface area contributed by atoms with Crippen molar-refractivity contribution in [1.82, 2.24) is 10.2 Å². The molecule has 3 N–H and O–H groups in total. The molecule has 2 saturated heterocycles. The highest BCUT2D eigenvalue weighted by atomic mass is 32.1. The average molecular weight is 299 g/mol. The summed E-state index contributed by atoms with van der Waals surface area (Å²) in [5.41, 5.74) is 5.01. The normalized spacial score (nSPS) is 25.2. The molecule has 2 aliphatic rings. The second-order valence-electron chi connectivity index (χ2n) is 5.33. The Bertz CT molecular complexity index is 421. The predicted octanol–water partition coefficient (Wildman–Crippen LogP) is -0.194. The monoisotopic (exact) mass is 299 g/mol. The molecule has 112 valence electrons. The maximum Gasteiger partial charge on any atom is 0.242 e. The highest BCUT2D eigenvalue weighted by Gasteiger charge is 2.48. The van der Waals surface area contributed by atoms with Gasteiger partial charge in [0.1, 0.15) is 11.5 Å². The van der Waals surface area contributed by atoms with Gasteiger partial charge in [0, 0.05) is 26.8 Å². The number of carbonyl (C=O) groups is 2. The molecular weight excluding hydrogens is 278 g/mol. The van der Waals surface area contributed by atoms with Gasteiger partial charge < -0.3 is 20.7 Å². The Hall–Kier alpha value is -1.21. The third-order valence-electron chi connectivity index (χ3n) is 4.29. The van der Waals surface area contributed by atoms with Crippen molar-refractivity contribution in [2.24, 2.45) is 11.1 Å². The lowest BCUT2D eigenvalue weighted by molar-refractivity contribution is -0.147. The molecule has 2 amide bonds. The zero-order chi connectivity index (χ0) is 14.8. The lowest BCUT2D eigenvalue weighted by atomic mass is 9.78. The van der Waals surface area contributed by atoms with E-state index in [2.05, 4.69) is 5.32 Å². The molecule has 20 heavy (non-hydrogen) atoms. The van der Waals surface area contributed by atoms with Crippen LogP contribution in [0.2, 0.25) is 0 Å². The molecule has 0 aromatic heterocycles. The molecule has 0 bridgehead atoms. The van der Waals surface area contributed by atoms with Crippen molar-refractivity contribution in [2.45, 2.75) is 31.7 Å². The fourth-order valence-corrected chi connectivity index (χ4v) is 3.30. The third kappa shape index (κ3) is 2.52. The summed E-state index contributed by atoms with van der Waals surface area (Å²) in [6, 6.07) is -0.401. The van der Waals surface area contributed by atoms with Crippen molar-refractivity contribution < 1.29 is 14.3 Å². The Morgan fingerprint density at radius 2 is 2.05 bits per heavy atom. The molecule has 0 aliphatic carbocycles. The summed E-state index contributed by atoms with van der Waals surface area (Å²) < 4.78 is 5.32. The predicted molar refractivity (Wildman–Crippen MR) is 78.1 cm³/mol. The second kappa shape index (κ2) is 6.05. The standard InChI is InChI=1S/C13H21N3O3S/c1-15-10(17)9-3-2-6-16(9)12(18)13(11(14)20)4-7-19-8-5-13/h9H,2-8H2,1H3,(H2,14,20)(H,15,17). The molecule has 1 atom stereocenters. The van der Waals surface area contributed by atoms with Crippen LogP contribution < -0.4 is 11.1 Å². The Labute approximate surface area is 124 Å². The van der Waals surface area contributed by atoms with Gasteiger partial charge in [-0.05, 0) is 25.7 Å². The van der Waals surface area contributed by atoms with E-state index in [4.69, 9.17) is 22.7 Å². The number of ether oxygens (including phenoxy) is 1. The van der Waals surface area contributed by atoms with Gasteiger partial charge in [-0.2, -0.15) is 0 Å². The van der Waals surface area contributed by atoms with Gasteiger partial charge in [0.05, 0.1) is 4.99 Å². The van der Waals surface area contributed by atoms with Gasteiger partial charge in [0.2, 0.25) is 11.8 Å². The van der Waals surface area contributed by atoms with Crippen LogP contribution in [0.3, 0.4) is 0 Å². The lowest BCUT2D eigenvalue weighted by Crippen LogP contribution is -2.56. The number of hydrogen-bond acceptors (Lipinski definition) is 4. The van der Waals surface area contributed by atoms with Gasteiger partial charge in [-0.15, -0.1) is 0 Å². The number of carbonyl (C=O) groups excluding carboxylic acids is 2. The Morgan fingerprint density at radius 1 is 1.40 bits per heavy atom. The SMILES string of the molecule is CNC(=O)C1CCCN1C(=O)C1(C(N)=S)CCOCC1. The molecular formula is C13H21N3O3S. The van der Waals surface area contributed by atoms with E-state index in [0.717, 1.165) is 6.42 Å². The maximum absolute atomic E-state index is 12.9. The molecule has 7 heteroatoms. The molecule has 2 rings (SSSR count). The first-order chi connectivity index (χ1) is 9.53. The van der Waals surface area contributed by atoms with Gasteiger partial charge in [-0.25, -0.2) is 0 Å². The number of amides is 2. The molecule has 0 radical (unpaired) electrons. The molecule has 2 fully saturated rings. The van der Waals surface area contributed by atoms with Crippen LogP contribution in [0.4, 0.5) is 0 Å². The van der Waals surface area contributed by atoms with Crippen molar-refractivity contribution in [3.8, 4) is 0 Å². The smallest absolute Gasteiger partial charge is 0.242 e. The molecule has 0 aromatic rings. The maximum atomic E-state index is 12.9. The van der Waals surface area contributed by atoms with E-state index in [1.807, 2.05) is 0 Å². The first kappa shape index (κ1) is 15.2. The zero-order valence-corrected chi connectivity index (χ0v) is 12.5. The summed E-state index contributed by atoms with van der Waals surface area (Å²) in [6.45, 7) is 1.53. The van der Waals surface area contributed by atoms with E-state index in [1.54, 1.807) is 11.9 Å². The topological polar surface area (TPSA) is 84.7 Å². The summed E-state index contributed by atoms with van der Waals surface area (Å²) >= 11 is 5.15. The number of nitrogens with zero attached hydrogens (tertiary/aromatic N) is 1. The van der Waals surface area contributed by atoms with Crippen LogP contribution in [0, 0.1) is 5.41 Å². The first-order valence-corrected chi connectivity index (χ1v) is 7.34. The van der Waals surface area contributed by atoms with E-state index in [-0.39, 0.29) is 16.8 Å². The molecule has 0 aromatic carbocycles. The van der Waals surface area contributed by atoms with E-state index in [1.165, 1.54) is 0 Å². The summed E-state index contributed by atoms with van der Waals surface area (Å²) in [5, 5.41) is 2.61. The van der Waals surface area contributed by atoms with Crippen LogP contribution in [-0.2, 0) is 14.3 Å². The molecule has 0 spiro atoms. The van der Waals surface area contributed by atoms with Crippen LogP contribution in [-0.4, -0.2) is 54.6 Å². The zero-order valence-electron chi connectivity index (χ0n) is 11.7. The Morgan fingerprint density at radius 3 is 2.60 bits per heavy atom. The quantitative estimate of drug-likeness (QED) is 0.705. The van der Waals surface area contributed by atoms with E-state index in [0.29, 0.717) is 39.0 Å². The summed E-state index contributed by atoms with van der Waals surface area (Å²) in [7, 11) is 1.58. The van der Waals surface area contributed by atoms with Gasteiger partial charge in [-0.3, -0.25) is 9.59 Å². The van der Waals surface area contributed by atoms with Gasteiger partial charge in [0.25, 0.3) is 0 Å². The summed E-state index contributed by atoms with van der Waals surface area (Å²) in [6.07, 6.45) is 2.51. The molecule has 2 aliphatic heterocycles. The van der Waals surface area contributed by atoms with Crippen molar-refractivity contribution >= 4 is 29.0 Å². The Kier molecular flexibility index (Phi) is 4.59. The van der Waals surface area contributed by atoms with Gasteiger partial charge in [0.15, 0.2) is 0 Å². The lowest BCUT2D eigenvalue weighted by Gasteiger charge is -2.39. The average Bonchev–Trinajstić information content (AvgIpc) is 2.95. The first-order valence-electron chi connectivity index (χ1n) is 6.93. The van der Waals surface area contributed by atoms with Crippen molar-refractivity contribution in [3.63, 3.8) is 0 Å². The Balaban J connectivity index is 2.23. The van der Waals surface area contributed by atoms with Gasteiger partial charge >= 0.3 is 0 Å². The number of likely N-dealkylation sites (tertiary alicyclic amines) is 1. The van der Waals surface area contributed by atoms with Crippen molar-refractivity contribution in [2.75, 3.05) is 26.8 Å². The number of hydrogen-bond donors (Lipinski definition) is 2.